The van der Waals surface area contributed by atoms with Crippen LogP contribution in [0.5, 0.6) is 0 Å². The van der Waals surface area contributed by atoms with Gasteiger partial charge < -0.3 is 9.97 Å². The molecule has 5 heteroatoms. The Hall–Kier alpha value is -2.66. The molecule has 2 N–H and O–H groups in total. The van der Waals surface area contributed by atoms with Crippen molar-refractivity contribution in [2.75, 3.05) is 7.05 Å². The number of hydrogen-bond donors (Lipinski definition) is 2. The largest absolute Gasteiger partial charge is 0.354 e. The van der Waals surface area contributed by atoms with Gasteiger partial charge in [0.1, 0.15) is 11.3 Å². The fourth-order valence-electron chi connectivity index (χ4n) is 4.77. The first-order valence-electron chi connectivity index (χ1n) is 10.7. The number of aromatic nitrogens is 4. The Kier molecular flexibility index (Phi) is 4.63. The van der Waals surface area contributed by atoms with Crippen LogP contribution < -0.4 is 0 Å². The molecule has 0 aliphatic heterocycles. The molecule has 0 radical (unpaired) electrons. The molecule has 0 unspecified atom stereocenters. The second-order valence-corrected chi connectivity index (χ2v) is 8.81. The monoisotopic (exact) mass is 387 g/mol. The highest BCUT2D eigenvalue weighted by Gasteiger charge is 2.21. The van der Waals surface area contributed by atoms with Crippen LogP contribution in [-0.2, 0) is 6.54 Å². The van der Waals surface area contributed by atoms with Gasteiger partial charge in [-0.2, -0.15) is 0 Å². The number of nitrogens with zero attached hydrogens (tertiary/aromatic N) is 3. The first kappa shape index (κ1) is 18.4. The van der Waals surface area contributed by atoms with Crippen molar-refractivity contribution in [3.8, 4) is 11.3 Å². The van der Waals surface area contributed by atoms with Crippen molar-refractivity contribution in [2.45, 2.75) is 52.1 Å². The van der Waals surface area contributed by atoms with E-state index in [-0.39, 0.29) is 0 Å². The number of fused-ring (bicyclic) bond motifs is 2. The second kappa shape index (κ2) is 7.30. The number of rotatable bonds is 4. The SMILES string of the molecule is Cc1nc2c(-c3cc4cc(CN(C)[C@H]5CC[C@H](C)CC5)ccc4[nH]3)ccnc2[nH]1. The smallest absolute Gasteiger partial charge is 0.158 e. The lowest BCUT2D eigenvalue weighted by Crippen LogP contribution is -2.34. The van der Waals surface area contributed by atoms with Crippen molar-refractivity contribution in [3.05, 3.63) is 47.9 Å². The molecule has 3 aromatic heterocycles. The topological polar surface area (TPSA) is 60.6 Å². The van der Waals surface area contributed by atoms with E-state index in [1.165, 1.54) is 36.6 Å². The van der Waals surface area contributed by atoms with E-state index in [0.29, 0.717) is 0 Å². The Balaban J connectivity index is 1.41. The lowest BCUT2D eigenvalue weighted by atomic mass is 9.86. The molecular weight excluding hydrogens is 358 g/mol. The van der Waals surface area contributed by atoms with E-state index in [0.717, 1.165) is 52.3 Å². The number of pyridine rings is 1. The zero-order valence-corrected chi connectivity index (χ0v) is 17.5. The molecular formula is C24H29N5. The predicted octanol–water partition coefficient (Wildman–Crippen LogP) is 5.43. The van der Waals surface area contributed by atoms with Gasteiger partial charge in [-0.05, 0) is 75.4 Å². The summed E-state index contributed by atoms with van der Waals surface area (Å²) in [6.45, 7) is 5.36. The number of H-pyrrole nitrogens is 2. The fraction of sp³-hybridized carbons (Fsp3) is 0.417. The number of imidazole rings is 1. The summed E-state index contributed by atoms with van der Waals surface area (Å²) >= 11 is 0. The summed E-state index contributed by atoms with van der Waals surface area (Å²) in [5, 5.41) is 1.25. The van der Waals surface area contributed by atoms with Gasteiger partial charge in [0.05, 0.1) is 0 Å². The highest BCUT2D eigenvalue weighted by Crippen LogP contribution is 2.30. The standard InChI is InChI=1S/C24H29N5/c1-15-4-7-19(8-5-15)29(3)14-17-6-9-21-18(12-17)13-22(28-21)20-10-11-25-24-23(20)26-16(2)27-24/h6,9-13,15,19,28H,4-5,7-8,14H2,1-3H3,(H,25,26,27)/t15-,19-. The zero-order chi connectivity index (χ0) is 20.0. The lowest BCUT2D eigenvalue weighted by Gasteiger charge is -2.33. The van der Waals surface area contributed by atoms with Crippen molar-refractivity contribution in [1.82, 2.24) is 24.8 Å². The van der Waals surface area contributed by atoms with E-state index >= 15 is 0 Å². The van der Waals surface area contributed by atoms with Crippen molar-refractivity contribution < 1.29 is 0 Å². The number of nitrogens with one attached hydrogen (secondary N) is 2. The minimum absolute atomic E-state index is 0.719. The Morgan fingerprint density at radius 2 is 1.90 bits per heavy atom. The van der Waals surface area contributed by atoms with Crippen molar-refractivity contribution in [1.29, 1.82) is 0 Å². The van der Waals surface area contributed by atoms with Gasteiger partial charge in [0.15, 0.2) is 5.65 Å². The lowest BCUT2D eigenvalue weighted by molar-refractivity contribution is 0.164. The number of hydrogen-bond acceptors (Lipinski definition) is 3. The van der Waals surface area contributed by atoms with Crippen LogP contribution in [-0.4, -0.2) is 37.9 Å². The average Bonchev–Trinajstić information content (AvgIpc) is 3.30. The summed E-state index contributed by atoms with van der Waals surface area (Å²) in [6.07, 6.45) is 7.22. The Morgan fingerprint density at radius 3 is 2.72 bits per heavy atom. The van der Waals surface area contributed by atoms with E-state index in [1.54, 1.807) is 0 Å². The van der Waals surface area contributed by atoms with Gasteiger partial charge in [-0.3, -0.25) is 4.90 Å². The van der Waals surface area contributed by atoms with Gasteiger partial charge in [-0.15, -0.1) is 0 Å². The molecule has 0 bridgehead atoms. The maximum atomic E-state index is 4.63. The third-order valence-electron chi connectivity index (χ3n) is 6.52. The van der Waals surface area contributed by atoms with E-state index < -0.39 is 0 Å². The van der Waals surface area contributed by atoms with E-state index in [2.05, 4.69) is 63.1 Å². The van der Waals surface area contributed by atoms with Crippen molar-refractivity contribution >= 4 is 22.1 Å². The zero-order valence-electron chi connectivity index (χ0n) is 17.5. The molecule has 3 heterocycles. The molecule has 0 atom stereocenters. The van der Waals surface area contributed by atoms with E-state index in [1.807, 2.05) is 19.2 Å². The molecule has 1 saturated carbocycles. The highest BCUT2D eigenvalue weighted by atomic mass is 15.1. The summed E-state index contributed by atoms with van der Waals surface area (Å²) in [5.74, 6) is 1.78. The van der Waals surface area contributed by atoms with Crippen LogP contribution in [0.3, 0.4) is 0 Å². The minimum atomic E-state index is 0.719. The molecule has 0 saturated heterocycles. The number of aromatic amines is 2. The molecule has 1 aliphatic carbocycles. The van der Waals surface area contributed by atoms with Crippen molar-refractivity contribution in [2.24, 2.45) is 5.92 Å². The second-order valence-electron chi connectivity index (χ2n) is 8.81. The van der Waals surface area contributed by atoms with Crippen molar-refractivity contribution in [3.63, 3.8) is 0 Å². The molecule has 4 aromatic rings. The summed E-state index contributed by atoms with van der Waals surface area (Å²) in [6, 6.07) is 11.8. The van der Waals surface area contributed by atoms with Crippen LogP contribution >= 0.6 is 0 Å². The third-order valence-corrected chi connectivity index (χ3v) is 6.52. The summed E-state index contributed by atoms with van der Waals surface area (Å²) in [7, 11) is 2.28. The minimum Gasteiger partial charge on any atom is -0.354 e. The maximum Gasteiger partial charge on any atom is 0.158 e. The summed E-state index contributed by atoms with van der Waals surface area (Å²) in [4.78, 5) is 18.4. The first-order valence-corrected chi connectivity index (χ1v) is 10.7. The number of benzene rings is 1. The molecule has 150 valence electrons. The van der Waals surface area contributed by atoms with Crippen LogP contribution in [0.4, 0.5) is 0 Å². The van der Waals surface area contributed by atoms with Gasteiger partial charge in [0.25, 0.3) is 0 Å². The van der Waals surface area contributed by atoms with Gasteiger partial charge in [-0.25, -0.2) is 9.97 Å². The first-order chi connectivity index (χ1) is 14.1. The maximum absolute atomic E-state index is 4.63. The Morgan fingerprint density at radius 1 is 1.07 bits per heavy atom. The summed E-state index contributed by atoms with van der Waals surface area (Å²) < 4.78 is 0. The fourth-order valence-corrected chi connectivity index (χ4v) is 4.77. The van der Waals surface area contributed by atoms with Gasteiger partial charge in [0, 0.05) is 40.9 Å². The van der Waals surface area contributed by atoms with Gasteiger partial charge in [0.2, 0.25) is 0 Å². The highest BCUT2D eigenvalue weighted by molar-refractivity contribution is 5.94. The van der Waals surface area contributed by atoms with E-state index in [9.17, 15) is 0 Å². The number of aryl methyl sites for hydroxylation is 1. The molecule has 1 aromatic carbocycles. The third kappa shape index (κ3) is 3.55. The average molecular weight is 388 g/mol. The Bertz CT molecular complexity index is 1150. The molecule has 0 amide bonds. The predicted molar refractivity (Wildman–Crippen MR) is 119 cm³/mol. The normalized spacial score (nSPS) is 20.1. The van der Waals surface area contributed by atoms with Crippen LogP contribution in [0.2, 0.25) is 0 Å². The van der Waals surface area contributed by atoms with E-state index in [4.69, 9.17) is 0 Å². The molecule has 1 aliphatic rings. The molecule has 0 spiro atoms. The van der Waals surface area contributed by atoms with Crippen LogP contribution in [0.1, 0.15) is 44.0 Å². The molecule has 1 fully saturated rings. The van der Waals surface area contributed by atoms with Gasteiger partial charge in [-0.1, -0.05) is 13.0 Å². The quantitative estimate of drug-likeness (QED) is 0.491. The molecule has 29 heavy (non-hydrogen) atoms. The van der Waals surface area contributed by atoms with Crippen LogP contribution in [0.15, 0.2) is 36.5 Å². The Labute approximate surface area is 171 Å². The van der Waals surface area contributed by atoms with Crippen LogP contribution in [0, 0.1) is 12.8 Å². The molecule has 5 rings (SSSR count). The molecule has 5 nitrogen and oxygen atoms in total. The van der Waals surface area contributed by atoms with Gasteiger partial charge >= 0.3 is 0 Å². The van der Waals surface area contributed by atoms with Crippen LogP contribution in [0.25, 0.3) is 33.3 Å². The summed E-state index contributed by atoms with van der Waals surface area (Å²) in [5.41, 5.74) is 6.47.